The lowest BCUT2D eigenvalue weighted by Crippen LogP contribution is -2.30. The van der Waals surface area contributed by atoms with E-state index in [2.05, 4.69) is 206 Å². The SMILES string of the molecule is CC(C)(C)c1ccc(N2c3ccc(C(C)(C)C)cc3N3c4sc5cc6c(cc5c4N(c4ccc(C(C)(C)C)cc4)c4cc(C5CCCCC5)cc2c43)-c2ccccc2C6(C)C)cc1. The molecule has 63 heavy (non-hydrogen) atoms. The van der Waals surface area contributed by atoms with Gasteiger partial charge in [-0.2, -0.15) is 0 Å². The van der Waals surface area contributed by atoms with Gasteiger partial charge in [0.1, 0.15) is 5.00 Å². The van der Waals surface area contributed by atoms with E-state index in [1.807, 2.05) is 11.3 Å². The maximum Gasteiger partial charge on any atom is 0.126 e. The summed E-state index contributed by atoms with van der Waals surface area (Å²) in [5.41, 5.74) is 21.1. The van der Waals surface area contributed by atoms with Crippen LogP contribution >= 0.6 is 11.3 Å². The number of anilines is 9. The molecule has 11 rings (SSSR count). The highest BCUT2D eigenvalue weighted by Gasteiger charge is 2.44. The molecule has 3 heterocycles. The number of hydrogen-bond acceptors (Lipinski definition) is 4. The van der Waals surface area contributed by atoms with E-state index in [4.69, 9.17) is 0 Å². The van der Waals surface area contributed by atoms with Crippen LogP contribution in [0.15, 0.2) is 115 Å². The van der Waals surface area contributed by atoms with Crippen molar-refractivity contribution in [3.63, 3.8) is 0 Å². The maximum atomic E-state index is 2.68. The summed E-state index contributed by atoms with van der Waals surface area (Å²) in [5, 5.41) is 2.61. The van der Waals surface area contributed by atoms with Gasteiger partial charge in [0.05, 0.1) is 34.1 Å². The minimum atomic E-state index is -0.0828. The molecule has 2 aliphatic heterocycles. The van der Waals surface area contributed by atoms with Crippen LogP contribution in [0.2, 0.25) is 0 Å². The number of nitrogens with zero attached hydrogens (tertiary/aromatic N) is 3. The van der Waals surface area contributed by atoms with Crippen molar-refractivity contribution >= 4 is 71.9 Å². The van der Waals surface area contributed by atoms with E-state index in [9.17, 15) is 0 Å². The molecular formula is C59H63N3S. The molecule has 320 valence electrons. The van der Waals surface area contributed by atoms with Gasteiger partial charge < -0.3 is 9.80 Å². The van der Waals surface area contributed by atoms with E-state index >= 15 is 0 Å². The quantitative estimate of drug-likeness (QED) is 0.175. The zero-order valence-corrected chi connectivity index (χ0v) is 40.1. The fraction of sp³-hybridized carbons (Fsp3) is 0.356. The Morgan fingerprint density at radius 3 is 1.68 bits per heavy atom. The molecule has 7 aromatic rings. The van der Waals surface area contributed by atoms with Crippen molar-refractivity contribution in [2.24, 2.45) is 0 Å². The van der Waals surface area contributed by atoms with Crippen LogP contribution in [0, 0.1) is 0 Å². The Balaban J connectivity index is 1.26. The molecule has 0 spiro atoms. The normalized spacial score (nSPS) is 16.8. The summed E-state index contributed by atoms with van der Waals surface area (Å²) >= 11 is 1.97. The van der Waals surface area contributed by atoms with Crippen molar-refractivity contribution in [1.29, 1.82) is 0 Å². The molecule has 0 unspecified atom stereocenters. The smallest absolute Gasteiger partial charge is 0.126 e. The summed E-state index contributed by atoms with van der Waals surface area (Å²) < 4.78 is 1.34. The van der Waals surface area contributed by atoms with Crippen LogP contribution < -0.4 is 14.7 Å². The largest absolute Gasteiger partial charge is 0.306 e. The third-order valence-electron chi connectivity index (χ3n) is 15.0. The van der Waals surface area contributed by atoms with Crippen LogP contribution in [0.1, 0.15) is 148 Å². The van der Waals surface area contributed by atoms with Crippen LogP contribution in [0.3, 0.4) is 0 Å². The number of thiophene rings is 1. The van der Waals surface area contributed by atoms with E-state index in [-0.39, 0.29) is 21.7 Å². The molecular weight excluding hydrogens is 783 g/mol. The average Bonchev–Trinajstić information content (AvgIpc) is 3.73. The van der Waals surface area contributed by atoms with Gasteiger partial charge in [0.2, 0.25) is 0 Å². The van der Waals surface area contributed by atoms with Crippen molar-refractivity contribution in [1.82, 2.24) is 0 Å². The molecule has 0 bridgehead atoms. The van der Waals surface area contributed by atoms with E-state index in [1.165, 1.54) is 137 Å². The number of hydrogen-bond donors (Lipinski definition) is 0. The molecule has 4 heteroatoms. The van der Waals surface area contributed by atoms with Crippen LogP contribution in [0.25, 0.3) is 21.2 Å². The molecule has 4 aliphatic rings. The highest BCUT2D eigenvalue weighted by atomic mass is 32.1. The Hall–Kier alpha value is -5.32. The van der Waals surface area contributed by atoms with E-state index in [0.29, 0.717) is 5.92 Å². The third kappa shape index (κ3) is 6.25. The van der Waals surface area contributed by atoms with Gasteiger partial charge in [-0.1, -0.05) is 150 Å². The summed E-state index contributed by atoms with van der Waals surface area (Å²) in [6, 6.07) is 45.7. The van der Waals surface area contributed by atoms with Crippen LogP contribution in [-0.2, 0) is 21.7 Å². The summed E-state index contributed by atoms with van der Waals surface area (Å²) in [5.74, 6) is 0.524. The Bertz CT molecular complexity index is 2960. The van der Waals surface area contributed by atoms with Gasteiger partial charge in [-0.05, 0) is 140 Å². The van der Waals surface area contributed by atoms with E-state index in [0.717, 1.165) is 0 Å². The summed E-state index contributed by atoms with van der Waals surface area (Å²) in [7, 11) is 0. The first-order valence-corrected chi connectivity index (χ1v) is 24.4. The van der Waals surface area contributed by atoms with Crippen molar-refractivity contribution < 1.29 is 0 Å². The molecule has 0 amide bonds. The molecule has 3 nitrogen and oxygen atoms in total. The maximum absolute atomic E-state index is 2.68. The Morgan fingerprint density at radius 2 is 1.06 bits per heavy atom. The fourth-order valence-corrected chi connectivity index (χ4v) is 12.4. The fourth-order valence-electron chi connectivity index (χ4n) is 11.2. The molecule has 1 fully saturated rings. The lowest BCUT2D eigenvalue weighted by molar-refractivity contribution is 0.444. The molecule has 6 aromatic carbocycles. The van der Waals surface area contributed by atoms with Crippen molar-refractivity contribution in [2.75, 3.05) is 14.7 Å². The highest BCUT2D eigenvalue weighted by molar-refractivity contribution is 7.24. The van der Waals surface area contributed by atoms with Crippen molar-refractivity contribution in [3.05, 3.63) is 149 Å². The van der Waals surface area contributed by atoms with E-state index in [1.54, 1.807) is 0 Å². The number of benzene rings is 6. The highest BCUT2D eigenvalue weighted by Crippen LogP contribution is 2.68. The van der Waals surface area contributed by atoms with Gasteiger partial charge >= 0.3 is 0 Å². The molecule has 0 atom stereocenters. The Labute approximate surface area is 380 Å². The predicted molar refractivity (Wildman–Crippen MR) is 272 cm³/mol. The first-order valence-electron chi connectivity index (χ1n) is 23.5. The minimum absolute atomic E-state index is 0.0262. The van der Waals surface area contributed by atoms with E-state index < -0.39 is 0 Å². The third-order valence-corrected chi connectivity index (χ3v) is 16.1. The monoisotopic (exact) mass is 845 g/mol. The second-order valence-electron chi connectivity index (χ2n) is 22.6. The first kappa shape index (κ1) is 40.5. The van der Waals surface area contributed by atoms with Gasteiger partial charge in [0.15, 0.2) is 0 Å². The first-order chi connectivity index (χ1) is 29.9. The summed E-state index contributed by atoms with van der Waals surface area (Å²) in [6.45, 7) is 25.8. The number of rotatable bonds is 3. The van der Waals surface area contributed by atoms with Crippen molar-refractivity contribution in [3.8, 4) is 11.1 Å². The van der Waals surface area contributed by atoms with Gasteiger partial charge in [-0.25, -0.2) is 0 Å². The zero-order chi connectivity index (χ0) is 44.0. The molecule has 1 saturated carbocycles. The predicted octanol–water partition coefficient (Wildman–Crippen LogP) is 18.2. The number of fused-ring (bicyclic) bond motifs is 9. The van der Waals surface area contributed by atoms with Crippen LogP contribution in [0.5, 0.6) is 0 Å². The summed E-state index contributed by atoms with van der Waals surface area (Å²) in [4.78, 5) is 7.95. The topological polar surface area (TPSA) is 9.72 Å². The van der Waals surface area contributed by atoms with Gasteiger partial charge in [-0.15, -0.1) is 11.3 Å². The molecule has 1 aromatic heterocycles. The second-order valence-corrected chi connectivity index (χ2v) is 23.6. The minimum Gasteiger partial charge on any atom is -0.306 e. The van der Waals surface area contributed by atoms with Crippen LogP contribution in [0.4, 0.5) is 50.5 Å². The Kier molecular flexibility index (Phi) is 8.89. The zero-order valence-electron chi connectivity index (χ0n) is 39.3. The van der Waals surface area contributed by atoms with Crippen LogP contribution in [-0.4, -0.2) is 0 Å². The van der Waals surface area contributed by atoms with Gasteiger partial charge in [-0.3, -0.25) is 4.90 Å². The average molecular weight is 846 g/mol. The molecule has 2 aliphatic carbocycles. The van der Waals surface area contributed by atoms with Gasteiger partial charge in [0, 0.05) is 26.9 Å². The summed E-state index contributed by atoms with van der Waals surface area (Å²) in [6.07, 6.45) is 6.39. The standard InChI is InChI=1S/C59H63N3S/c1-56(2,3)38-21-26-41(27-22-38)60-48-30-25-40(58(7,8)9)33-49(48)62-54-50(60)31-37(36-17-13-12-14-18-36)32-51(54)61(42-28-23-39(24-29-42)57(4,5)6)53-45-34-44-43-19-15-16-20-46(43)59(10,11)47(44)35-52(45)63-55(53)62/h15-16,19-36H,12-14,17-18H2,1-11H3. The lowest BCUT2D eigenvalue weighted by atomic mass is 9.82. The molecule has 0 saturated heterocycles. The Morgan fingerprint density at radius 1 is 0.492 bits per heavy atom. The van der Waals surface area contributed by atoms with Gasteiger partial charge in [0.25, 0.3) is 0 Å². The molecule has 0 radical (unpaired) electrons. The van der Waals surface area contributed by atoms with Crippen molar-refractivity contribution in [2.45, 2.75) is 136 Å². The second kappa shape index (κ2) is 13.8. The lowest BCUT2D eigenvalue weighted by Gasteiger charge is -2.47. The molecule has 0 N–H and O–H groups in total.